The lowest BCUT2D eigenvalue weighted by Gasteiger charge is -2.28. The summed E-state index contributed by atoms with van der Waals surface area (Å²) in [6.07, 6.45) is 6.49. The Morgan fingerprint density at radius 3 is 2.71 bits per heavy atom. The second kappa shape index (κ2) is 5.22. The van der Waals surface area contributed by atoms with Crippen LogP contribution in [0.15, 0.2) is 42.5 Å². The molecule has 0 amide bonds. The molecule has 1 heteroatoms. The van der Waals surface area contributed by atoms with Gasteiger partial charge in [0.15, 0.2) is 0 Å². The maximum atomic E-state index is 3.77. The smallest absolute Gasteiger partial charge is 0.0345 e. The van der Waals surface area contributed by atoms with Gasteiger partial charge in [-0.15, -0.1) is 0 Å². The van der Waals surface area contributed by atoms with Gasteiger partial charge in [-0.3, -0.25) is 0 Å². The number of anilines is 1. The Morgan fingerprint density at radius 2 is 1.81 bits per heavy atom. The van der Waals surface area contributed by atoms with Crippen LogP contribution in [0.1, 0.15) is 43.7 Å². The van der Waals surface area contributed by atoms with Crippen LogP contribution in [0.4, 0.5) is 5.69 Å². The number of hydrogen-bond donors (Lipinski definition) is 1. The summed E-state index contributed by atoms with van der Waals surface area (Å²) in [5.41, 5.74) is 7.10. The van der Waals surface area contributed by atoms with E-state index in [0.717, 1.165) is 12.3 Å². The van der Waals surface area contributed by atoms with Crippen molar-refractivity contribution in [1.82, 2.24) is 0 Å². The molecule has 2 atom stereocenters. The maximum Gasteiger partial charge on any atom is 0.0345 e. The molecule has 0 radical (unpaired) electrons. The van der Waals surface area contributed by atoms with Gasteiger partial charge in [-0.1, -0.05) is 50.1 Å². The van der Waals surface area contributed by atoms with Crippen LogP contribution in [0.2, 0.25) is 0 Å². The van der Waals surface area contributed by atoms with Gasteiger partial charge in [-0.25, -0.2) is 0 Å². The molecule has 1 nitrogen and oxygen atoms in total. The van der Waals surface area contributed by atoms with Crippen molar-refractivity contribution in [2.75, 3.05) is 5.32 Å². The van der Waals surface area contributed by atoms with Crippen LogP contribution in [-0.4, -0.2) is 6.04 Å². The second-order valence-corrected chi connectivity index (χ2v) is 6.82. The van der Waals surface area contributed by atoms with Gasteiger partial charge in [0.2, 0.25) is 0 Å². The van der Waals surface area contributed by atoms with Gasteiger partial charge < -0.3 is 5.32 Å². The topological polar surface area (TPSA) is 12.0 Å². The Balaban J connectivity index is 1.56. The highest BCUT2D eigenvalue weighted by Crippen LogP contribution is 2.38. The molecule has 2 unspecified atom stereocenters. The second-order valence-electron chi connectivity index (χ2n) is 6.82. The first-order valence-electron chi connectivity index (χ1n) is 8.27. The molecule has 2 aromatic rings. The van der Waals surface area contributed by atoms with Gasteiger partial charge in [-0.05, 0) is 59.6 Å². The zero-order valence-electron chi connectivity index (χ0n) is 12.7. The van der Waals surface area contributed by atoms with Crippen molar-refractivity contribution in [2.45, 2.75) is 45.1 Å². The molecule has 0 spiro atoms. The van der Waals surface area contributed by atoms with Crippen LogP contribution in [0, 0.1) is 5.92 Å². The summed E-state index contributed by atoms with van der Waals surface area (Å²) in [5.74, 6) is 0.870. The lowest BCUT2D eigenvalue weighted by molar-refractivity contribution is 0.358. The summed E-state index contributed by atoms with van der Waals surface area (Å²) in [4.78, 5) is 0. The van der Waals surface area contributed by atoms with Crippen molar-refractivity contribution in [3.05, 3.63) is 53.6 Å². The average molecular weight is 277 g/mol. The number of rotatable bonds is 2. The Hall–Kier alpha value is -1.76. The third kappa shape index (κ3) is 2.46. The largest absolute Gasteiger partial charge is 0.382 e. The van der Waals surface area contributed by atoms with E-state index in [4.69, 9.17) is 0 Å². The van der Waals surface area contributed by atoms with Gasteiger partial charge >= 0.3 is 0 Å². The minimum atomic E-state index is 0.663. The fourth-order valence-corrected chi connectivity index (χ4v) is 4.04. The SMILES string of the molecule is CC1CCCC(Nc2ccc3c(c2)Cc2ccccc2-3)C1. The van der Waals surface area contributed by atoms with Gasteiger partial charge in [0.1, 0.15) is 0 Å². The summed E-state index contributed by atoms with van der Waals surface area (Å²) in [5, 5.41) is 3.77. The molecule has 2 aliphatic carbocycles. The van der Waals surface area contributed by atoms with Crippen molar-refractivity contribution < 1.29 is 0 Å². The van der Waals surface area contributed by atoms with Crippen LogP contribution in [0.5, 0.6) is 0 Å². The number of hydrogen-bond acceptors (Lipinski definition) is 1. The normalized spacial score (nSPS) is 23.5. The molecule has 0 heterocycles. The first-order chi connectivity index (χ1) is 10.3. The van der Waals surface area contributed by atoms with E-state index in [2.05, 4.69) is 54.7 Å². The minimum absolute atomic E-state index is 0.663. The van der Waals surface area contributed by atoms with E-state index in [9.17, 15) is 0 Å². The number of fused-ring (bicyclic) bond motifs is 3. The molecule has 4 rings (SSSR count). The molecule has 21 heavy (non-hydrogen) atoms. The lowest BCUT2D eigenvalue weighted by Crippen LogP contribution is -2.26. The van der Waals surface area contributed by atoms with Crippen molar-refractivity contribution >= 4 is 5.69 Å². The third-order valence-corrected chi connectivity index (χ3v) is 5.10. The fraction of sp³-hybridized carbons (Fsp3) is 0.400. The molecule has 1 N–H and O–H groups in total. The zero-order valence-corrected chi connectivity index (χ0v) is 12.7. The van der Waals surface area contributed by atoms with Crippen molar-refractivity contribution in [3.63, 3.8) is 0 Å². The first kappa shape index (κ1) is 12.9. The minimum Gasteiger partial charge on any atom is -0.382 e. The summed E-state index contributed by atoms with van der Waals surface area (Å²) in [6, 6.07) is 16.4. The Labute approximate surface area is 127 Å². The highest BCUT2D eigenvalue weighted by Gasteiger charge is 2.21. The van der Waals surface area contributed by atoms with Gasteiger partial charge in [0, 0.05) is 11.7 Å². The maximum absolute atomic E-state index is 3.77. The molecule has 108 valence electrons. The van der Waals surface area contributed by atoms with Crippen molar-refractivity contribution in [2.24, 2.45) is 5.92 Å². The molecule has 1 fully saturated rings. The van der Waals surface area contributed by atoms with E-state index in [1.165, 1.54) is 53.6 Å². The quantitative estimate of drug-likeness (QED) is 0.674. The van der Waals surface area contributed by atoms with Gasteiger partial charge in [-0.2, -0.15) is 0 Å². The Morgan fingerprint density at radius 1 is 0.952 bits per heavy atom. The first-order valence-corrected chi connectivity index (χ1v) is 8.27. The molecule has 1 saturated carbocycles. The monoisotopic (exact) mass is 277 g/mol. The average Bonchev–Trinajstić information content (AvgIpc) is 2.85. The lowest BCUT2D eigenvalue weighted by atomic mass is 9.87. The van der Waals surface area contributed by atoms with E-state index >= 15 is 0 Å². The number of nitrogens with one attached hydrogen (secondary N) is 1. The van der Waals surface area contributed by atoms with E-state index in [1.54, 1.807) is 0 Å². The van der Waals surface area contributed by atoms with Crippen molar-refractivity contribution in [3.8, 4) is 11.1 Å². The highest BCUT2D eigenvalue weighted by atomic mass is 14.9. The number of benzene rings is 2. The van der Waals surface area contributed by atoms with E-state index in [1.807, 2.05) is 0 Å². The third-order valence-electron chi connectivity index (χ3n) is 5.10. The molecule has 0 saturated heterocycles. The van der Waals surface area contributed by atoms with Gasteiger partial charge in [0.25, 0.3) is 0 Å². The summed E-state index contributed by atoms with van der Waals surface area (Å²) >= 11 is 0. The van der Waals surface area contributed by atoms with Crippen LogP contribution >= 0.6 is 0 Å². The summed E-state index contributed by atoms with van der Waals surface area (Å²) in [6.45, 7) is 2.38. The summed E-state index contributed by atoms with van der Waals surface area (Å²) in [7, 11) is 0. The van der Waals surface area contributed by atoms with E-state index in [-0.39, 0.29) is 0 Å². The van der Waals surface area contributed by atoms with Crippen LogP contribution in [0.25, 0.3) is 11.1 Å². The molecule has 0 bridgehead atoms. The Kier molecular flexibility index (Phi) is 3.21. The molecule has 0 aromatic heterocycles. The predicted octanol–water partition coefficient (Wildman–Crippen LogP) is 5.25. The molecular formula is C20H23N. The fourth-order valence-electron chi connectivity index (χ4n) is 4.04. The van der Waals surface area contributed by atoms with E-state index in [0.29, 0.717) is 6.04 Å². The molecule has 2 aliphatic rings. The molecule has 0 aliphatic heterocycles. The van der Waals surface area contributed by atoms with Gasteiger partial charge in [0.05, 0.1) is 0 Å². The molecule has 2 aromatic carbocycles. The van der Waals surface area contributed by atoms with Crippen LogP contribution in [-0.2, 0) is 6.42 Å². The molecular weight excluding hydrogens is 254 g/mol. The standard InChI is InChI=1S/C20H23N/c1-14-5-4-7-17(11-14)21-18-9-10-20-16(13-18)12-15-6-2-3-8-19(15)20/h2-3,6,8-10,13-14,17,21H,4-5,7,11-12H2,1H3. The van der Waals surface area contributed by atoms with Crippen molar-refractivity contribution in [1.29, 1.82) is 0 Å². The van der Waals surface area contributed by atoms with Crippen LogP contribution < -0.4 is 5.32 Å². The van der Waals surface area contributed by atoms with E-state index < -0.39 is 0 Å². The predicted molar refractivity (Wildman–Crippen MR) is 89.7 cm³/mol. The van der Waals surface area contributed by atoms with Crippen LogP contribution in [0.3, 0.4) is 0 Å². The Bertz CT molecular complexity index is 659. The summed E-state index contributed by atoms with van der Waals surface area (Å²) < 4.78 is 0. The zero-order chi connectivity index (χ0) is 14.2. The highest BCUT2D eigenvalue weighted by molar-refractivity contribution is 5.78.